The first-order valence-corrected chi connectivity index (χ1v) is 6.53. The van der Waals surface area contributed by atoms with Crippen molar-refractivity contribution in [1.29, 1.82) is 0 Å². The molecule has 1 heterocycles. The van der Waals surface area contributed by atoms with Gasteiger partial charge in [-0.15, -0.1) is 30.4 Å². The second kappa shape index (κ2) is 10.6. The molecule has 0 atom stereocenters. The van der Waals surface area contributed by atoms with Gasteiger partial charge in [0.15, 0.2) is 5.96 Å². The van der Waals surface area contributed by atoms with Gasteiger partial charge >= 0.3 is 6.09 Å². The Morgan fingerprint density at radius 3 is 2.65 bits per heavy atom. The molecule has 1 fully saturated rings. The van der Waals surface area contributed by atoms with Gasteiger partial charge in [-0.25, -0.2) is 4.79 Å². The van der Waals surface area contributed by atoms with Crippen molar-refractivity contribution in [3.05, 3.63) is 0 Å². The number of amides is 1. The number of terminal acetylenes is 1. The van der Waals surface area contributed by atoms with Crippen molar-refractivity contribution in [1.82, 2.24) is 15.5 Å². The molecule has 0 aromatic rings. The van der Waals surface area contributed by atoms with Gasteiger partial charge in [0.1, 0.15) is 0 Å². The van der Waals surface area contributed by atoms with Gasteiger partial charge in [0.05, 0.1) is 13.2 Å². The normalized spacial score (nSPS) is 15.8. The number of likely N-dealkylation sites (tertiary alicyclic amines) is 1. The minimum atomic E-state index is -0.226. The number of carbonyl (C=O) groups excluding carboxylic acids is 1. The number of hydrogen-bond donors (Lipinski definition) is 2. The summed E-state index contributed by atoms with van der Waals surface area (Å²) in [5, 5.41) is 6.31. The number of nitrogens with zero attached hydrogens (tertiary/aromatic N) is 2. The topological polar surface area (TPSA) is 66.0 Å². The Bertz CT molecular complexity index is 360. The van der Waals surface area contributed by atoms with Gasteiger partial charge in [-0.3, -0.25) is 4.99 Å². The van der Waals surface area contributed by atoms with Crippen LogP contribution in [-0.2, 0) is 4.74 Å². The highest BCUT2D eigenvalue weighted by Crippen LogP contribution is 2.11. The van der Waals surface area contributed by atoms with Gasteiger partial charge in [-0.2, -0.15) is 0 Å². The van der Waals surface area contributed by atoms with Crippen molar-refractivity contribution < 1.29 is 9.53 Å². The highest BCUT2D eigenvalue weighted by atomic mass is 127. The van der Waals surface area contributed by atoms with E-state index in [0.29, 0.717) is 38.2 Å². The fraction of sp³-hybridized carbons (Fsp3) is 0.692. The van der Waals surface area contributed by atoms with E-state index in [0.717, 1.165) is 12.8 Å². The molecule has 0 aromatic heterocycles. The molecule has 114 valence electrons. The van der Waals surface area contributed by atoms with Gasteiger partial charge in [0.2, 0.25) is 0 Å². The number of rotatable bonds is 3. The summed E-state index contributed by atoms with van der Waals surface area (Å²) in [6.07, 6.45) is 6.71. The average molecular weight is 394 g/mol. The third-order valence-electron chi connectivity index (χ3n) is 2.94. The van der Waals surface area contributed by atoms with Crippen LogP contribution in [0.25, 0.3) is 0 Å². The van der Waals surface area contributed by atoms with Gasteiger partial charge in [-0.05, 0) is 19.8 Å². The van der Waals surface area contributed by atoms with Gasteiger partial charge in [-0.1, -0.05) is 5.92 Å². The lowest BCUT2D eigenvalue weighted by Crippen LogP contribution is -2.49. The summed E-state index contributed by atoms with van der Waals surface area (Å²) in [4.78, 5) is 17.4. The van der Waals surface area contributed by atoms with E-state index in [1.807, 2.05) is 6.92 Å². The number of guanidine groups is 1. The highest BCUT2D eigenvalue weighted by Gasteiger charge is 2.23. The first-order valence-electron chi connectivity index (χ1n) is 6.53. The second-order valence-corrected chi connectivity index (χ2v) is 4.23. The van der Waals surface area contributed by atoms with Crippen LogP contribution in [0.15, 0.2) is 4.99 Å². The minimum Gasteiger partial charge on any atom is -0.450 e. The van der Waals surface area contributed by atoms with Crippen molar-refractivity contribution in [2.24, 2.45) is 4.99 Å². The molecule has 0 unspecified atom stereocenters. The van der Waals surface area contributed by atoms with Crippen LogP contribution in [0.5, 0.6) is 0 Å². The van der Waals surface area contributed by atoms with Crippen molar-refractivity contribution in [2.75, 3.05) is 33.3 Å². The molecule has 6 nitrogen and oxygen atoms in total. The van der Waals surface area contributed by atoms with Crippen LogP contribution in [-0.4, -0.2) is 56.3 Å². The molecule has 0 saturated carbocycles. The van der Waals surface area contributed by atoms with Crippen molar-refractivity contribution in [3.63, 3.8) is 0 Å². The minimum absolute atomic E-state index is 0. The summed E-state index contributed by atoms with van der Waals surface area (Å²) in [6.45, 7) is 4.07. The lowest BCUT2D eigenvalue weighted by atomic mass is 10.1. The maximum Gasteiger partial charge on any atom is 0.409 e. The van der Waals surface area contributed by atoms with E-state index in [-0.39, 0.29) is 30.1 Å². The third kappa shape index (κ3) is 6.32. The summed E-state index contributed by atoms with van der Waals surface area (Å²) in [7, 11) is 1.71. The maximum absolute atomic E-state index is 11.5. The van der Waals surface area contributed by atoms with Crippen LogP contribution < -0.4 is 10.6 Å². The van der Waals surface area contributed by atoms with Crippen LogP contribution >= 0.6 is 24.0 Å². The molecule has 2 N–H and O–H groups in total. The molecular formula is C13H23IN4O2. The predicted molar refractivity (Wildman–Crippen MR) is 90.4 cm³/mol. The molecule has 7 heteroatoms. The largest absolute Gasteiger partial charge is 0.450 e. The predicted octanol–water partition coefficient (Wildman–Crippen LogP) is 1.02. The lowest BCUT2D eigenvalue weighted by molar-refractivity contribution is 0.0963. The lowest BCUT2D eigenvalue weighted by Gasteiger charge is -2.32. The first kappa shape index (κ1) is 18.8. The number of nitrogens with one attached hydrogen (secondary N) is 2. The average Bonchev–Trinajstić information content (AvgIpc) is 2.44. The number of halogens is 1. The fourth-order valence-electron chi connectivity index (χ4n) is 1.94. The zero-order chi connectivity index (χ0) is 14.1. The smallest absolute Gasteiger partial charge is 0.409 e. The number of aliphatic imine (C=N–C) groups is 1. The van der Waals surface area contributed by atoms with Gasteiger partial charge in [0.25, 0.3) is 0 Å². The molecular weight excluding hydrogens is 371 g/mol. The summed E-state index contributed by atoms with van der Waals surface area (Å²) in [6, 6.07) is 0.301. The Morgan fingerprint density at radius 1 is 1.50 bits per heavy atom. The number of piperidine rings is 1. The number of ether oxygens (including phenoxy) is 1. The van der Waals surface area contributed by atoms with E-state index in [9.17, 15) is 4.79 Å². The zero-order valence-corrected chi connectivity index (χ0v) is 14.3. The Hall–Kier alpha value is -1.17. The molecule has 1 amide bonds. The number of hydrogen-bond acceptors (Lipinski definition) is 3. The zero-order valence-electron chi connectivity index (χ0n) is 12.0. The standard InChI is InChI=1S/C13H22N4O2.HI/c1-4-8-15-12(14-3)16-11-6-9-17(10-7-11)13(18)19-5-2;/h1,11H,5-10H2,2-3H3,(H2,14,15,16);1H. The van der Waals surface area contributed by atoms with Crippen LogP contribution in [0, 0.1) is 12.3 Å². The van der Waals surface area contributed by atoms with Crippen molar-refractivity contribution in [3.8, 4) is 12.3 Å². The monoisotopic (exact) mass is 394 g/mol. The Kier molecular flexibility index (Phi) is 9.98. The fourth-order valence-corrected chi connectivity index (χ4v) is 1.94. The highest BCUT2D eigenvalue weighted by molar-refractivity contribution is 14.0. The van der Waals surface area contributed by atoms with Crippen LogP contribution in [0.4, 0.5) is 4.79 Å². The molecule has 1 saturated heterocycles. The third-order valence-corrected chi connectivity index (χ3v) is 2.94. The van der Waals surface area contributed by atoms with E-state index in [4.69, 9.17) is 11.2 Å². The molecule has 1 rings (SSSR count). The molecule has 20 heavy (non-hydrogen) atoms. The van der Waals surface area contributed by atoms with Crippen LogP contribution in [0.3, 0.4) is 0 Å². The molecule has 0 bridgehead atoms. The number of carbonyl (C=O) groups is 1. The Morgan fingerprint density at radius 2 is 2.15 bits per heavy atom. The molecule has 0 spiro atoms. The Balaban J connectivity index is 0.00000361. The van der Waals surface area contributed by atoms with E-state index in [2.05, 4.69) is 21.5 Å². The first-order chi connectivity index (χ1) is 9.21. The molecule has 0 aromatic carbocycles. The molecule has 1 aliphatic rings. The SMILES string of the molecule is C#CCNC(=NC)NC1CCN(C(=O)OCC)CC1.I. The van der Waals surface area contributed by atoms with E-state index in [1.165, 1.54) is 0 Å². The summed E-state index contributed by atoms with van der Waals surface area (Å²) in [5.41, 5.74) is 0. The molecule has 0 aliphatic carbocycles. The Labute approximate surface area is 137 Å². The van der Waals surface area contributed by atoms with E-state index >= 15 is 0 Å². The van der Waals surface area contributed by atoms with Gasteiger partial charge < -0.3 is 20.3 Å². The summed E-state index contributed by atoms with van der Waals surface area (Å²) >= 11 is 0. The van der Waals surface area contributed by atoms with Crippen LogP contribution in [0.2, 0.25) is 0 Å². The van der Waals surface area contributed by atoms with Gasteiger partial charge in [0, 0.05) is 26.2 Å². The quantitative estimate of drug-likeness (QED) is 0.325. The maximum atomic E-state index is 11.5. The van der Waals surface area contributed by atoms with Crippen molar-refractivity contribution >= 4 is 36.0 Å². The van der Waals surface area contributed by atoms with Crippen LogP contribution in [0.1, 0.15) is 19.8 Å². The van der Waals surface area contributed by atoms with E-state index in [1.54, 1.807) is 11.9 Å². The summed E-state index contributed by atoms with van der Waals surface area (Å²) < 4.78 is 4.98. The second-order valence-electron chi connectivity index (χ2n) is 4.23. The van der Waals surface area contributed by atoms with E-state index < -0.39 is 0 Å². The molecule has 0 radical (unpaired) electrons. The molecule has 1 aliphatic heterocycles. The summed E-state index contributed by atoms with van der Waals surface area (Å²) in [5.74, 6) is 3.21. The van der Waals surface area contributed by atoms with Crippen molar-refractivity contribution in [2.45, 2.75) is 25.8 Å².